The third-order valence-electron chi connectivity index (χ3n) is 5.59. The molecule has 1 atom stereocenters. The highest BCUT2D eigenvalue weighted by molar-refractivity contribution is 5.96. The summed E-state index contributed by atoms with van der Waals surface area (Å²) in [6.45, 7) is 6.83. The molecule has 138 valence electrons. The van der Waals surface area contributed by atoms with Gasteiger partial charge < -0.3 is 14.5 Å². The van der Waals surface area contributed by atoms with Crippen molar-refractivity contribution in [3.63, 3.8) is 0 Å². The summed E-state index contributed by atoms with van der Waals surface area (Å²) in [5, 5.41) is 14.9. The highest BCUT2D eigenvalue weighted by atomic mass is 16.5. The molecule has 1 aromatic carbocycles. The van der Waals surface area contributed by atoms with Gasteiger partial charge in [-0.2, -0.15) is 0 Å². The van der Waals surface area contributed by atoms with Gasteiger partial charge >= 0.3 is 0 Å². The van der Waals surface area contributed by atoms with E-state index in [9.17, 15) is 9.90 Å². The molecule has 0 spiro atoms. The Kier molecular flexibility index (Phi) is 4.32. The molecule has 0 bridgehead atoms. The van der Waals surface area contributed by atoms with Gasteiger partial charge in [-0.15, -0.1) is 0 Å². The SMILES string of the molecule is Cc1noc(C)c1C(=O)N1CC[C@@](O)(CN2CCc3ccccc3C2)C1. The molecule has 26 heavy (non-hydrogen) atoms. The lowest BCUT2D eigenvalue weighted by Gasteiger charge is -2.34. The van der Waals surface area contributed by atoms with E-state index >= 15 is 0 Å². The van der Waals surface area contributed by atoms with Crippen LogP contribution in [0.5, 0.6) is 0 Å². The standard InChI is InChI=1S/C20H25N3O3/c1-14-18(15(2)26-21-14)19(24)23-10-8-20(25,13-23)12-22-9-7-16-5-3-4-6-17(16)11-22/h3-6,25H,7-13H2,1-2H3/t20-/m1/s1. The summed E-state index contributed by atoms with van der Waals surface area (Å²) in [5.74, 6) is 0.441. The van der Waals surface area contributed by atoms with E-state index in [0.717, 1.165) is 19.5 Å². The Balaban J connectivity index is 1.42. The van der Waals surface area contributed by atoms with Crippen molar-refractivity contribution in [2.24, 2.45) is 0 Å². The molecule has 1 saturated heterocycles. The molecule has 1 N–H and O–H groups in total. The van der Waals surface area contributed by atoms with Crippen LogP contribution in [-0.4, -0.2) is 57.8 Å². The summed E-state index contributed by atoms with van der Waals surface area (Å²) < 4.78 is 5.11. The first kappa shape index (κ1) is 17.2. The van der Waals surface area contributed by atoms with Gasteiger partial charge in [0, 0.05) is 26.2 Å². The third kappa shape index (κ3) is 3.15. The van der Waals surface area contributed by atoms with Gasteiger partial charge in [-0.05, 0) is 37.8 Å². The predicted molar refractivity (Wildman–Crippen MR) is 96.9 cm³/mol. The van der Waals surface area contributed by atoms with E-state index < -0.39 is 5.60 Å². The van der Waals surface area contributed by atoms with Crippen LogP contribution in [0.25, 0.3) is 0 Å². The largest absolute Gasteiger partial charge is 0.387 e. The molecule has 2 aliphatic heterocycles. The number of nitrogens with zero attached hydrogens (tertiary/aromatic N) is 3. The van der Waals surface area contributed by atoms with Crippen molar-refractivity contribution in [3.05, 3.63) is 52.4 Å². The van der Waals surface area contributed by atoms with Gasteiger partial charge in [0.05, 0.1) is 17.8 Å². The number of fused-ring (bicyclic) bond motifs is 1. The van der Waals surface area contributed by atoms with Crippen molar-refractivity contribution in [2.45, 2.75) is 38.8 Å². The molecule has 2 aliphatic rings. The molecule has 0 radical (unpaired) electrons. The van der Waals surface area contributed by atoms with Crippen molar-refractivity contribution in [1.29, 1.82) is 0 Å². The Bertz CT molecular complexity index is 812. The lowest BCUT2D eigenvalue weighted by Crippen LogP contribution is -2.47. The quantitative estimate of drug-likeness (QED) is 0.911. The molecule has 1 aromatic heterocycles. The van der Waals surface area contributed by atoms with E-state index in [1.54, 1.807) is 18.7 Å². The average Bonchev–Trinajstić information content (AvgIpc) is 3.17. The maximum Gasteiger partial charge on any atom is 0.259 e. The zero-order valence-corrected chi connectivity index (χ0v) is 15.4. The van der Waals surface area contributed by atoms with Crippen LogP contribution in [0.3, 0.4) is 0 Å². The molecule has 4 rings (SSSR count). The van der Waals surface area contributed by atoms with E-state index in [2.05, 4.69) is 34.3 Å². The minimum atomic E-state index is -0.860. The van der Waals surface area contributed by atoms with Gasteiger partial charge in [-0.1, -0.05) is 29.4 Å². The number of aryl methyl sites for hydroxylation is 2. The zero-order valence-electron chi connectivity index (χ0n) is 15.4. The topological polar surface area (TPSA) is 69.8 Å². The molecular formula is C20H25N3O3. The van der Waals surface area contributed by atoms with Gasteiger partial charge in [0.15, 0.2) is 0 Å². The molecule has 3 heterocycles. The lowest BCUT2D eigenvalue weighted by molar-refractivity contribution is 0.00802. The number of carbonyl (C=O) groups is 1. The first-order chi connectivity index (χ1) is 12.5. The Morgan fingerprint density at radius 3 is 2.77 bits per heavy atom. The molecule has 6 nitrogen and oxygen atoms in total. The van der Waals surface area contributed by atoms with Gasteiger partial charge in [0.2, 0.25) is 0 Å². The molecule has 1 fully saturated rings. The smallest absolute Gasteiger partial charge is 0.259 e. The molecular weight excluding hydrogens is 330 g/mol. The van der Waals surface area contributed by atoms with E-state index in [1.165, 1.54) is 11.1 Å². The fourth-order valence-electron chi connectivity index (χ4n) is 4.21. The summed E-state index contributed by atoms with van der Waals surface area (Å²) in [4.78, 5) is 16.8. The van der Waals surface area contributed by atoms with Gasteiger partial charge in [0.1, 0.15) is 11.3 Å². The monoisotopic (exact) mass is 355 g/mol. The predicted octanol–water partition coefficient (Wildman–Crippen LogP) is 1.93. The molecule has 0 saturated carbocycles. The van der Waals surface area contributed by atoms with Crippen LogP contribution < -0.4 is 0 Å². The van der Waals surface area contributed by atoms with Crippen molar-refractivity contribution in [1.82, 2.24) is 15.0 Å². The van der Waals surface area contributed by atoms with Crippen LogP contribution >= 0.6 is 0 Å². The summed E-state index contributed by atoms with van der Waals surface area (Å²) in [6.07, 6.45) is 1.61. The van der Waals surface area contributed by atoms with Crippen molar-refractivity contribution in [3.8, 4) is 0 Å². The second kappa shape index (κ2) is 6.52. The van der Waals surface area contributed by atoms with Crippen LogP contribution in [0.4, 0.5) is 0 Å². The van der Waals surface area contributed by atoms with Gasteiger partial charge in [-0.25, -0.2) is 0 Å². The Morgan fingerprint density at radius 1 is 1.27 bits per heavy atom. The number of benzene rings is 1. The third-order valence-corrected chi connectivity index (χ3v) is 5.59. The van der Waals surface area contributed by atoms with Crippen molar-refractivity contribution in [2.75, 3.05) is 26.2 Å². The second-order valence-electron chi connectivity index (χ2n) is 7.63. The van der Waals surface area contributed by atoms with Crippen LogP contribution in [0.15, 0.2) is 28.8 Å². The van der Waals surface area contributed by atoms with Crippen LogP contribution in [0.1, 0.15) is 39.4 Å². The number of likely N-dealkylation sites (tertiary alicyclic amines) is 1. The van der Waals surface area contributed by atoms with E-state index in [4.69, 9.17) is 4.52 Å². The molecule has 0 unspecified atom stereocenters. The van der Waals surface area contributed by atoms with Gasteiger partial charge in [-0.3, -0.25) is 9.69 Å². The summed E-state index contributed by atoms with van der Waals surface area (Å²) >= 11 is 0. The Morgan fingerprint density at radius 2 is 2.04 bits per heavy atom. The number of rotatable bonds is 3. The summed E-state index contributed by atoms with van der Waals surface area (Å²) in [6, 6.07) is 8.49. The molecule has 6 heteroatoms. The van der Waals surface area contributed by atoms with Crippen LogP contribution in [-0.2, 0) is 13.0 Å². The first-order valence-corrected chi connectivity index (χ1v) is 9.19. The number of amides is 1. The maximum atomic E-state index is 12.8. The summed E-state index contributed by atoms with van der Waals surface area (Å²) in [5.41, 5.74) is 3.01. The minimum absolute atomic E-state index is 0.0961. The average molecular weight is 355 g/mol. The van der Waals surface area contributed by atoms with Gasteiger partial charge in [0.25, 0.3) is 5.91 Å². The fraction of sp³-hybridized carbons (Fsp3) is 0.500. The minimum Gasteiger partial charge on any atom is -0.387 e. The van der Waals surface area contributed by atoms with E-state index in [-0.39, 0.29) is 5.91 Å². The van der Waals surface area contributed by atoms with Crippen LogP contribution in [0, 0.1) is 13.8 Å². The number of aromatic nitrogens is 1. The Hall–Kier alpha value is -2.18. The number of hydrogen-bond donors (Lipinski definition) is 1. The van der Waals surface area contributed by atoms with E-state index in [0.29, 0.717) is 43.1 Å². The number of aliphatic hydroxyl groups is 1. The van der Waals surface area contributed by atoms with Crippen molar-refractivity contribution < 1.29 is 14.4 Å². The highest BCUT2D eigenvalue weighted by Crippen LogP contribution is 2.28. The second-order valence-corrected chi connectivity index (χ2v) is 7.63. The number of carbonyl (C=O) groups excluding carboxylic acids is 1. The van der Waals surface area contributed by atoms with Crippen molar-refractivity contribution >= 4 is 5.91 Å². The number of hydrogen-bond acceptors (Lipinski definition) is 5. The van der Waals surface area contributed by atoms with E-state index in [1.807, 2.05) is 0 Å². The Labute approximate surface area is 153 Å². The molecule has 2 aromatic rings. The zero-order chi connectivity index (χ0) is 18.3. The van der Waals surface area contributed by atoms with Crippen LogP contribution in [0.2, 0.25) is 0 Å². The molecule has 1 amide bonds. The fourth-order valence-corrected chi connectivity index (χ4v) is 4.21. The normalized spacial score (nSPS) is 23.3. The highest BCUT2D eigenvalue weighted by Gasteiger charge is 2.41. The maximum absolute atomic E-state index is 12.8. The first-order valence-electron chi connectivity index (χ1n) is 9.19. The number of β-amino-alcohol motifs (C(OH)–C–C–N with tert-alkyl or cyclic N) is 1. The summed E-state index contributed by atoms with van der Waals surface area (Å²) in [7, 11) is 0. The molecule has 0 aliphatic carbocycles. The lowest BCUT2D eigenvalue weighted by atomic mass is 9.97.